The van der Waals surface area contributed by atoms with Gasteiger partial charge in [-0.05, 0) is 37.1 Å². The molecular formula is C17H18F2N2O2S. The average Bonchev–Trinajstić information content (AvgIpc) is 2.51. The third-order valence-electron chi connectivity index (χ3n) is 4.55. The van der Waals surface area contributed by atoms with E-state index in [1.165, 1.54) is 6.07 Å². The number of aromatic nitrogens is 1. The van der Waals surface area contributed by atoms with Crippen molar-refractivity contribution in [3.8, 4) is 0 Å². The van der Waals surface area contributed by atoms with Gasteiger partial charge in [0.2, 0.25) is 10.0 Å². The van der Waals surface area contributed by atoms with Gasteiger partial charge in [0.25, 0.3) is 0 Å². The highest BCUT2D eigenvalue weighted by Gasteiger charge is 2.40. The van der Waals surface area contributed by atoms with Gasteiger partial charge in [-0.2, -0.15) is 0 Å². The summed E-state index contributed by atoms with van der Waals surface area (Å²) in [4.78, 5) is 4.33. The molecule has 1 heterocycles. The van der Waals surface area contributed by atoms with Crippen LogP contribution in [-0.2, 0) is 21.2 Å². The summed E-state index contributed by atoms with van der Waals surface area (Å²) in [6.45, 7) is 0.183. The highest BCUT2D eigenvalue weighted by molar-refractivity contribution is 7.88. The summed E-state index contributed by atoms with van der Waals surface area (Å²) in [7, 11) is -3.85. The minimum absolute atomic E-state index is 0.183. The second kappa shape index (κ2) is 6.57. The molecule has 0 bridgehead atoms. The van der Waals surface area contributed by atoms with Crippen LogP contribution in [0.15, 0.2) is 42.6 Å². The zero-order chi connectivity index (χ0) is 17.2. The van der Waals surface area contributed by atoms with Gasteiger partial charge in [-0.3, -0.25) is 4.98 Å². The molecule has 0 unspecified atom stereocenters. The van der Waals surface area contributed by atoms with Gasteiger partial charge in [-0.25, -0.2) is 21.9 Å². The molecule has 7 heteroatoms. The van der Waals surface area contributed by atoms with Crippen LogP contribution in [0.3, 0.4) is 0 Å². The van der Waals surface area contributed by atoms with Crippen LogP contribution in [0.5, 0.6) is 0 Å². The molecule has 1 aromatic carbocycles. The van der Waals surface area contributed by atoms with Crippen molar-refractivity contribution in [2.75, 3.05) is 6.54 Å². The van der Waals surface area contributed by atoms with Gasteiger partial charge in [-0.15, -0.1) is 0 Å². The molecule has 1 aliphatic rings. The van der Waals surface area contributed by atoms with Crippen LogP contribution in [0.2, 0.25) is 0 Å². The summed E-state index contributed by atoms with van der Waals surface area (Å²) in [6.07, 6.45) is 4.35. The molecule has 4 nitrogen and oxygen atoms in total. The van der Waals surface area contributed by atoms with E-state index in [1.807, 2.05) is 12.1 Å². The minimum Gasteiger partial charge on any atom is -0.261 e. The third kappa shape index (κ3) is 3.47. The Morgan fingerprint density at radius 2 is 1.79 bits per heavy atom. The average molecular weight is 352 g/mol. The molecule has 1 aromatic heterocycles. The van der Waals surface area contributed by atoms with E-state index in [4.69, 9.17) is 0 Å². The van der Waals surface area contributed by atoms with E-state index in [1.54, 1.807) is 12.3 Å². The summed E-state index contributed by atoms with van der Waals surface area (Å²) in [5.74, 6) is -2.43. The van der Waals surface area contributed by atoms with Gasteiger partial charge in [0.1, 0.15) is 11.6 Å². The molecule has 1 N–H and O–H groups in total. The van der Waals surface area contributed by atoms with E-state index in [9.17, 15) is 17.2 Å². The van der Waals surface area contributed by atoms with Crippen LogP contribution >= 0.6 is 0 Å². The van der Waals surface area contributed by atoms with Gasteiger partial charge in [0, 0.05) is 29.4 Å². The Morgan fingerprint density at radius 1 is 1.08 bits per heavy atom. The Balaban J connectivity index is 1.73. The van der Waals surface area contributed by atoms with Gasteiger partial charge < -0.3 is 0 Å². The maximum Gasteiger partial charge on any atom is 0.216 e. The predicted octanol–water partition coefficient (Wildman–Crippen LogP) is 2.90. The van der Waals surface area contributed by atoms with Crippen molar-refractivity contribution in [2.45, 2.75) is 30.4 Å². The number of hydrogen-bond acceptors (Lipinski definition) is 3. The molecule has 0 aliphatic heterocycles. The van der Waals surface area contributed by atoms with Crippen molar-refractivity contribution in [3.05, 3.63) is 65.5 Å². The highest BCUT2D eigenvalue weighted by Crippen LogP contribution is 2.42. The van der Waals surface area contributed by atoms with Crippen LogP contribution in [0, 0.1) is 11.6 Å². The predicted molar refractivity (Wildman–Crippen MR) is 86.8 cm³/mol. The van der Waals surface area contributed by atoms with E-state index >= 15 is 0 Å². The second-order valence-electron chi connectivity index (χ2n) is 6.13. The van der Waals surface area contributed by atoms with Gasteiger partial charge in [0.05, 0.1) is 5.75 Å². The summed E-state index contributed by atoms with van der Waals surface area (Å²) < 4.78 is 54.3. The number of pyridine rings is 1. The highest BCUT2D eigenvalue weighted by atomic mass is 32.2. The van der Waals surface area contributed by atoms with E-state index in [0.29, 0.717) is 0 Å². The molecule has 128 valence electrons. The van der Waals surface area contributed by atoms with Crippen molar-refractivity contribution < 1.29 is 17.2 Å². The Bertz CT molecular complexity index is 801. The number of nitrogens with one attached hydrogen (secondary N) is 1. The first-order chi connectivity index (χ1) is 11.4. The van der Waals surface area contributed by atoms with Crippen molar-refractivity contribution in [1.29, 1.82) is 0 Å². The molecule has 2 aromatic rings. The largest absolute Gasteiger partial charge is 0.261 e. The van der Waals surface area contributed by atoms with E-state index in [0.717, 1.165) is 37.1 Å². The number of halogens is 2. The van der Waals surface area contributed by atoms with Gasteiger partial charge in [0.15, 0.2) is 0 Å². The molecule has 0 amide bonds. The number of benzene rings is 1. The lowest BCUT2D eigenvalue weighted by molar-refractivity contribution is 0.238. The van der Waals surface area contributed by atoms with Crippen LogP contribution < -0.4 is 4.72 Å². The van der Waals surface area contributed by atoms with E-state index in [2.05, 4.69) is 9.71 Å². The fourth-order valence-corrected chi connectivity index (χ4v) is 4.22. The maximum atomic E-state index is 13.7. The van der Waals surface area contributed by atoms with Gasteiger partial charge >= 0.3 is 0 Å². The number of sulfonamides is 1. The van der Waals surface area contributed by atoms with Crippen molar-refractivity contribution in [2.24, 2.45) is 0 Å². The first-order valence-electron chi connectivity index (χ1n) is 7.74. The second-order valence-corrected chi connectivity index (χ2v) is 7.94. The first-order valence-corrected chi connectivity index (χ1v) is 9.39. The fraction of sp³-hybridized carbons (Fsp3) is 0.353. The Kier molecular flexibility index (Phi) is 4.64. The topological polar surface area (TPSA) is 59.1 Å². The lowest BCUT2D eigenvalue weighted by Gasteiger charge is -2.41. The molecule has 1 saturated carbocycles. The zero-order valence-electron chi connectivity index (χ0n) is 13.0. The first kappa shape index (κ1) is 17.0. The molecule has 3 rings (SSSR count). The van der Waals surface area contributed by atoms with Crippen LogP contribution in [0.25, 0.3) is 0 Å². The van der Waals surface area contributed by atoms with Gasteiger partial charge in [-0.1, -0.05) is 18.6 Å². The Morgan fingerprint density at radius 3 is 2.33 bits per heavy atom. The van der Waals surface area contributed by atoms with E-state index in [-0.39, 0.29) is 12.0 Å². The van der Waals surface area contributed by atoms with Crippen molar-refractivity contribution in [3.63, 3.8) is 0 Å². The standard InChI is InChI=1S/C17H18F2N2O2S/c18-14-5-3-6-15(19)13(14)11-24(22,23)21-12-17(8-4-9-17)16-7-1-2-10-20-16/h1-3,5-7,10,21H,4,8-9,11-12H2. The molecule has 0 atom stereocenters. The zero-order valence-corrected chi connectivity index (χ0v) is 13.8. The fourth-order valence-electron chi connectivity index (χ4n) is 2.96. The minimum atomic E-state index is -3.85. The molecule has 0 radical (unpaired) electrons. The third-order valence-corrected chi connectivity index (χ3v) is 5.80. The maximum absolute atomic E-state index is 13.7. The van der Waals surface area contributed by atoms with Crippen molar-refractivity contribution in [1.82, 2.24) is 9.71 Å². The molecule has 24 heavy (non-hydrogen) atoms. The number of nitrogens with zero attached hydrogens (tertiary/aromatic N) is 1. The lowest BCUT2D eigenvalue weighted by Crippen LogP contribution is -2.46. The monoisotopic (exact) mass is 352 g/mol. The molecule has 0 saturated heterocycles. The Hall–Kier alpha value is -1.86. The summed E-state index contributed by atoms with van der Waals surface area (Å²) in [5, 5.41) is 0. The SMILES string of the molecule is O=S(=O)(Cc1c(F)cccc1F)NCC1(c2ccccn2)CCC1. The summed E-state index contributed by atoms with van der Waals surface area (Å²) in [5.41, 5.74) is 0.0729. The number of hydrogen-bond donors (Lipinski definition) is 1. The molecular weight excluding hydrogens is 334 g/mol. The summed E-state index contributed by atoms with van der Waals surface area (Å²) in [6, 6.07) is 8.86. The number of rotatable bonds is 6. The molecule has 1 fully saturated rings. The smallest absolute Gasteiger partial charge is 0.216 e. The quantitative estimate of drug-likeness (QED) is 0.870. The van der Waals surface area contributed by atoms with Crippen LogP contribution in [0.1, 0.15) is 30.5 Å². The van der Waals surface area contributed by atoms with E-state index < -0.39 is 33.0 Å². The normalized spacial score (nSPS) is 16.6. The molecule has 1 aliphatic carbocycles. The lowest BCUT2D eigenvalue weighted by atomic mass is 9.66. The van der Waals surface area contributed by atoms with Crippen LogP contribution in [-0.4, -0.2) is 19.9 Å². The Labute approximate surface area is 140 Å². The van der Waals surface area contributed by atoms with Crippen molar-refractivity contribution >= 4 is 10.0 Å². The summed E-state index contributed by atoms with van der Waals surface area (Å²) >= 11 is 0. The molecule has 0 spiro atoms. The van der Waals surface area contributed by atoms with Crippen LogP contribution in [0.4, 0.5) is 8.78 Å².